The van der Waals surface area contributed by atoms with Crippen LogP contribution >= 0.6 is 15.6 Å². The topological polar surface area (TPSA) is 156 Å². The molecule has 0 amide bonds. The molecule has 0 atom stereocenters. The van der Waals surface area contributed by atoms with Crippen LogP contribution in [0.2, 0.25) is 0 Å². The van der Waals surface area contributed by atoms with Gasteiger partial charge in [0.05, 0.1) is 0 Å². The van der Waals surface area contributed by atoms with E-state index in [2.05, 4.69) is 0 Å². The van der Waals surface area contributed by atoms with Crippen molar-refractivity contribution in [2.24, 2.45) is 0 Å². The molecule has 0 bridgehead atoms. The van der Waals surface area contributed by atoms with Crippen LogP contribution in [0.25, 0.3) is 0 Å². The van der Waals surface area contributed by atoms with E-state index in [1.54, 1.807) is 0 Å². The molecule has 0 aliphatic heterocycles. The van der Waals surface area contributed by atoms with Crippen molar-refractivity contribution in [1.82, 2.24) is 0 Å². The quantitative estimate of drug-likeness (QED) is 0.189. The summed E-state index contributed by atoms with van der Waals surface area (Å²) in [5.41, 5.74) is 0. The Kier molecular flexibility index (Phi) is 48.4. The summed E-state index contributed by atoms with van der Waals surface area (Å²) in [4.78, 5) is 43.1. The van der Waals surface area contributed by atoms with Crippen molar-refractivity contribution in [2.75, 3.05) is 0 Å². The molecule has 0 aliphatic carbocycles. The largest absolute Gasteiger partial charge is 1.00 e. The summed E-state index contributed by atoms with van der Waals surface area (Å²) in [6, 6.07) is 0. The first-order chi connectivity index (χ1) is 4.00. The van der Waals surface area contributed by atoms with Gasteiger partial charge in [0.2, 0.25) is 0 Å². The molecular formula is H10K2Na2O8P2. The molecule has 0 aliphatic rings. The Hall–Kier alpha value is 5.49. The van der Waals surface area contributed by atoms with Gasteiger partial charge in [-0.2, -0.15) is 0 Å². The molecule has 72 valence electrons. The van der Waals surface area contributed by atoms with E-state index in [0.29, 0.717) is 0 Å². The van der Waals surface area contributed by atoms with Gasteiger partial charge in [-0.25, -0.2) is 9.13 Å². The van der Waals surface area contributed by atoms with Crippen LogP contribution in [-0.4, -0.2) is 29.4 Å². The van der Waals surface area contributed by atoms with Gasteiger partial charge < -0.3 is 35.1 Å². The van der Waals surface area contributed by atoms with Crippen LogP contribution in [0, 0.1) is 0 Å². The summed E-state index contributed by atoms with van der Waals surface area (Å²) in [6.07, 6.45) is 0. The molecule has 0 radical (unpaired) electrons. The summed E-state index contributed by atoms with van der Waals surface area (Å²) in [5.74, 6) is 0. The standard InChI is InChI=1S/2K.2Na.2H3O4P.4H/c;;;;2*1-5(2,3)4;;;;/h;;;;2*(H3,1,2,3,4);;;;/q4*+1;;;4*-1. The van der Waals surface area contributed by atoms with E-state index in [9.17, 15) is 0 Å². The van der Waals surface area contributed by atoms with Crippen molar-refractivity contribution in [2.45, 2.75) is 0 Å². The predicted molar refractivity (Wildman–Crippen MR) is 33.0 cm³/mol. The van der Waals surface area contributed by atoms with Crippen LogP contribution in [0.1, 0.15) is 5.71 Å². The molecule has 0 saturated heterocycles. The van der Waals surface area contributed by atoms with Crippen molar-refractivity contribution >= 4 is 15.6 Å². The third-order valence-corrected chi connectivity index (χ3v) is 0. The first-order valence-electron chi connectivity index (χ1n) is 1.57. The fourth-order valence-corrected chi connectivity index (χ4v) is 0. The van der Waals surface area contributed by atoms with E-state index in [1.807, 2.05) is 0 Å². The summed E-state index contributed by atoms with van der Waals surface area (Å²) >= 11 is 0. The van der Waals surface area contributed by atoms with E-state index in [1.165, 1.54) is 0 Å². The van der Waals surface area contributed by atoms with Gasteiger partial charge in [0.25, 0.3) is 0 Å². The first kappa shape index (κ1) is 36.6. The number of rotatable bonds is 0. The molecule has 14 heavy (non-hydrogen) atoms. The second-order valence-electron chi connectivity index (χ2n) is 1.03. The van der Waals surface area contributed by atoms with E-state index in [-0.39, 0.29) is 168 Å². The zero-order valence-electron chi connectivity index (χ0n) is 12.4. The predicted octanol–water partition coefficient (Wildman–Crippen LogP) is -13.4. The molecule has 0 spiro atoms. The van der Waals surface area contributed by atoms with Gasteiger partial charge >= 0.3 is 178 Å². The molecule has 0 aromatic heterocycles. The Balaban J connectivity index is -0.00000000615. The Labute approximate surface area is 216 Å². The van der Waals surface area contributed by atoms with Gasteiger partial charge in [0, 0.05) is 0 Å². The van der Waals surface area contributed by atoms with Crippen LogP contribution < -0.4 is 162 Å². The molecule has 0 unspecified atom stereocenters. The third-order valence-electron chi connectivity index (χ3n) is 0. The van der Waals surface area contributed by atoms with Crippen molar-refractivity contribution < 1.29 is 206 Å². The third kappa shape index (κ3) is 158. The minimum absolute atomic E-state index is 0. The smallest absolute Gasteiger partial charge is 1.00 e. The molecular weight excluding hydrogens is 314 g/mol. The summed E-state index contributed by atoms with van der Waals surface area (Å²) in [6.45, 7) is 0. The fourth-order valence-electron chi connectivity index (χ4n) is 0. The molecule has 0 saturated carbocycles. The van der Waals surface area contributed by atoms with Gasteiger partial charge in [-0.3, -0.25) is 0 Å². The summed E-state index contributed by atoms with van der Waals surface area (Å²) in [7, 11) is -9.28. The van der Waals surface area contributed by atoms with E-state index >= 15 is 0 Å². The minimum atomic E-state index is -4.64. The van der Waals surface area contributed by atoms with Crippen LogP contribution in [0.15, 0.2) is 0 Å². The zero-order chi connectivity index (χ0) is 9.00. The average Bonchev–Trinajstić information content (AvgIpc) is 1.12. The second kappa shape index (κ2) is 18.5. The molecule has 0 aromatic carbocycles. The normalized spacial score (nSPS) is 8.43. The van der Waals surface area contributed by atoms with E-state index < -0.39 is 15.6 Å². The minimum Gasteiger partial charge on any atom is -1.00 e. The monoisotopic (exact) mass is 324 g/mol. The van der Waals surface area contributed by atoms with Crippen LogP contribution in [-0.2, 0) is 9.13 Å². The Morgan fingerprint density at radius 2 is 0.643 bits per heavy atom. The second-order valence-corrected chi connectivity index (χ2v) is 3.08. The molecule has 14 heteroatoms. The first-order valence-corrected chi connectivity index (χ1v) is 4.70. The number of hydrogen-bond donors (Lipinski definition) is 6. The summed E-state index contributed by atoms with van der Waals surface area (Å²) in [5, 5.41) is 0. The van der Waals surface area contributed by atoms with Gasteiger partial charge in [-0.15, -0.1) is 0 Å². The molecule has 0 heterocycles. The Morgan fingerprint density at radius 1 is 0.643 bits per heavy atom. The van der Waals surface area contributed by atoms with Gasteiger partial charge in [0.15, 0.2) is 0 Å². The summed E-state index contributed by atoms with van der Waals surface area (Å²) < 4.78 is 17.8. The average molecular weight is 324 g/mol. The number of phosphoric acid groups is 2. The van der Waals surface area contributed by atoms with Crippen LogP contribution in [0.4, 0.5) is 0 Å². The van der Waals surface area contributed by atoms with Crippen molar-refractivity contribution in [3.05, 3.63) is 0 Å². The fraction of sp³-hybridized carbons (Fsp3) is 0. The van der Waals surface area contributed by atoms with Gasteiger partial charge in [-0.1, -0.05) is 0 Å². The maximum absolute atomic E-state index is 8.88. The maximum atomic E-state index is 8.88. The molecule has 0 aromatic rings. The Morgan fingerprint density at radius 3 is 0.643 bits per heavy atom. The molecule has 0 fully saturated rings. The molecule has 0 rings (SSSR count). The van der Waals surface area contributed by atoms with Gasteiger partial charge in [0.1, 0.15) is 0 Å². The molecule has 8 nitrogen and oxygen atoms in total. The Bertz CT molecular complexity index is 149. The zero-order valence-corrected chi connectivity index (χ0v) is 20.4. The van der Waals surface area contributed by atoms with E-state index in [4.69, 9.17) is 38.5 Å². The van der Waals surface area contributed by atoms with Crippen LogP contribution in [0.3, 0.4) is 0 Å². The van der Waals surface area contributed by atoms with Crippen molar-refractivity contribution in [3.8, 4) is 0 Å². The number of hydrogen-bond acceptors (Lipinski definition) is 2. The van der Waals surface area contributed by atoms with E-state index in [0.717, 1.165) is 0 Å². The van der Waals surface area contributed by atoms with Crippen molar-refractivity contribution in [1.29, 1.82) is 0 Å². The van der Waals surface area contributed by atoms with Gasteiger partial charge in [-0.05, 0) is 0 Å². The SMILES string of the molecule is O=P(O)(O)O.O=P(O)(O)O.[H-].[H-].[H-].[H-].[K+].[K+].[Na+].[Na+]. The maximum Gasteiger partial charge on any atom is 1.00 e. The van der Waals surface area contributed by atoms with Crippen molar-refractivity contribution in [3.63, 3.8) is 0 Å². The molecule has 6 N–H and O–H groups in total. The van der Waals surface area contributed by atoms with Crippen LogP contribution in [0.5, 0.6) is 0 Å².